The summed E-state index contributed by atoms with van der Waals surface area (Å²) >= 11 is 0. The second-order valence-corrected chi connectivity index (χ2v) is 4.87. The Morgan fingerprint density at radius 1 is 1.00 bits per heavy atom. The number of rotatable bonds is 7. The van der Waals surface area contributed by atoms with Gasteiger partial charge < -0.3 is 14.6 Å². The van der Waals surface area contributed by atoms with Crippen molar-refractivity contribution in [2.75, 3.05) is 20.3 Å². The number of hydrogen-bond acceptors (Lipinski definition) is 3. The Bertz CT molecular complexity index is 566. The van der Waals surface area contributed by atoms with E-state index >= 15 is 0 Å². The van der Waals surface area contributed by atoms with Crippen molar-refractivity contribution in [2.24, 2.45) is 0 Å². The molecular formula is C18H22O3. The Balaban J connectivity index is 2.27. The van der Waals surface area contributed by atoms with Gasteiger partial charge in [0.15, 0.2) is 0 Å². The highest BCUT2D eigenvalue weighted by Crippen LogP contribution is 2.31. The molecule has 1 N–H and O–H groups in total. The third kappa shape index (κ3) is 3.76. The van der Waals surface area contributed by atoms with E-state index in [4.69, 9.17) is 9.47 Å². The van der Waals surface area contributed by atoms with Gasteiger partial charge in [-0.15, -0.1) is 0 Å². The molecule has 0 aromatic heterocycles. The molecule has 0 aliphatic heterocycles. The summed E-state index contributed by atoms with van der Waals surface area (Å²) in [7, 11) is 1.65. The fourth-order valence-electron chi connectivity index (χ4n) is 2.51. The number of aliphatic hydroxyl groups excluding tert-OH is 1. The average Bonchev–Trinajstić information content (AvgIpc) is 2.54. The highest BCUT2D eigenvalue weighted by atomic mass is 16.5. The first kappa shape index (κ1) is 15.4. The molecular weight excluding hydrogens is 264 g/mol. The number of para-hydroxylation sites is 2. The Kier molecular flexibility index (Phi) is 5.64. The van der Waals surface area contributed by atoms with Crippen LogP contribution in [0.15, 0.2) is 48.5 Å². The van der Waals surface area contributed by atoms with Gasteiger partial charge >= 0.3 is 0 Å². The minimum absolute atomic E-state index is 0.0113. The van der Waals surface area contributed by atoms with E-state index in [0.29, 0.717) is 13.0 Å². The number of benzene rings is 2. The van der Waals surface area contributed by atoms with E-state index in [1.165, 1.54) is 0 Å². The van der Waals surface area contributed by atoms with Crippen LogP contribution in [-0.4, -0.2) is 25.4 Å². The van der Waals surface area contributed by atoms with Gasteiger partial charge in [-0.2, -0.15) is 0 Å². The van der Waals surface area contributed by atoms with Crippen LogP contribution in [-0.2, 0) is 6.42 Å². The molecule has 0 bridgehead atoms. The van der Waals surface area contributed by atoms with Crippen molar-refractivity contribution in [1.29, 1.82) is 0 Å². The van der Waals surface area contributed by atoms with Crippen molar-refractivity contribution >= 4 is 0 Å². The first-order chi connectivity index (χ1) is 10.3. The van der Waals surface area contributed by atoms with Crippen LogP contribution in [0.3, 0.4) is 0 Å². The van der Waals surface area contributed by atoms with Crippen LogP contribution in [0.1, 0.15) is 24.0 Å². The van der Waals surface area contributed by atoms with Crippen LogP contribution < -0.4 is 9.47 Å². The highest BCUT2D eigenvalue weighted by Gasteiger charge is 2.17. The zero-order valence-electron chi connectivity index (χ0n) is 12.6. The predicted molar refractivity (Wildman–Crippen MR) is 84.1 cm³/mol. The van der Waals surface area contributed by atoms with Gasteiger partial charge in [-0.25, -0.2) is 0 Å². The third-order valence-electron chi connectivity index (χ3n) is 3.54. The van der Waals surface area contributed by atoms with Crippen molar-refractivity contribution < 1.29 is 14.6 Å². The molecule has 0 radical (unpaired) electrons. The average molecular weight is 286 g/mol. The summed E-state index contributed by atoms with van der Waals surface area (Å²) in [5.74, 6) is 1.68. The standard InChI is InChI=1S/C18H22O3/c1-3-21-17-10-6-4-8-14(17)12-15(13-19)16-9-5-7-11-18(16)20-2/h4-11,15,19H,3,12-13H2,1-2H3. The number of hydrogen-bond donors (Lipinski definition) is 1. The SMILES string of the molecule is CCOc1ccccc1CC(CO)c1ccccc1OC. The largest absolute Gasteiger partial charge is 0.496 e. The summed E-state index contributed by atoms with van der Waals surface area (Å²) in [5, 5.41) is 9.79. The summed E-state index contributed by atoms with van der Waals surface area (Å²) in [6.45, 7) is 2.68. The fraction of sp³-hybridized carbons (Fsp3) is 0.333. The number of ether oxygens (including phenoxy) is 2. The van der Waals surface area contributed by atoms with Crippen molar-refractivity contribution in [2.45, 2.75) is 19.3 Å². The summed E-state index contributed by atoms with van der Waals surface area (Å²) in [6.07, 6.45) is 0.715. The van der Waals surface area contributed by atoms with Gasteiger partial charge in [-0.05, 0) is 36.6 Å². The maximum absolute atomic E-state index is 9.79. The quantitative estimate of drug-likeness (QED) is 0.847. The van der Waals surface area contributed by atoms with Gasteiger partial charge in [0, 0.05) is 5.92 Å². The maximum Gasteiger partial charge on any atom is 0.122 e. The Morgan fingerprint density at radius 2 is 1.67 bits per heavy atom. The van der Waals surface area contributed by atoms with Gasteiger partial charge in [0.05, 0.1) is 20.3 Å². The summed E-state index contributed by atoms with van der Waals surface area (Å²) < 4.78 is 11.1. The zero-order valence-corrected chi connectivity index (χ0v) is 12.6. The summed E-state index contributed by atoms with van der Waals surface area (Å²) in [4.78, 5) is 0. The molecule has 2 aromatic carbocycles. The van der Waals surface area contributed by atoms with Gasteiger partial charge in [-0.3, -0.25) is 0 Å². The minimum atomic E-state index is -0.0113. The van der Waals surface area contributed by atoms with Gasteiger partial charge in [0.1, 0.15) is 11.5 Å². The molecule has 2 rings (SSSR count). The summed E-state index contributed by atoms with van der Waals surface area (Å²) in [6, 6.07) is 15.8. The molecule has 3 nitrogen and oxygen atoms in total. The molecule has 0 heterocycles. The Labute approximate surface area is 126 Å². The van der Waals surface area contributed by atoms with E-state index in [2.05, 4.69) is 0 Å². The van der Waals surface area contributed by atoms with E-state index in [0.717, 1.165) is 22.6 Å². The molecule has 1 unspecified atom stereocenters. The first-order valence-corrected chi connectivity index (χ1v) is 7.24. The topological polar surface area (TPSA) is 38.7 Å². The van der Waals surface area contributed by atoms with Crippen molar-refractivity contribution in [1.82, 2.24) is 0 Å². The minimum Gasteiger partial charge on any atom is -0.496 e. The maximum atomic E-state index is 9.79. The van der Waals surface area contributed by atoms with E-state index in [-0.39, 0.29) is 12.5 Å². The molecule has 0 fully saturated rings. The van der Waals surface area contributed by atoms with E-state index in [9.17, 15) is 5.11 Å². The molecule has 3 heteroatoms. The zero-order chi connectivity index (χ0) is 15.1. The molecule has 112 valence electrons. The normalized spacial score (nSPS) is 12.0. The lowest BCUT2D eigenvalue weighted by Gasteiger charge is -2.19. The summed E-state index contributed by atoms with van der Waals surface area (Å²) in [5.41, 5.74) is 2.12. The lowest BCUT2D eigenvalue weighted by atomic mass is 9.91. The van der Waals surface area contributed by atoms with Crippen LogP contribution in [0.4, 0.5) is 0 Å². The van der Waals surface area contributed by atoms with E-state index in [1.807, 2.05) is 55.5 Å². The Hall–Kier alpha value is -2.00. The van der Waals surface area contributed by atoms with E-state index < -0.39 is 0 Å². The highest BCUT2D eigenvalue weighted by molar-refractivity contribution is 5.40. The van der Waals surface area contributed by atoms with Crippen molar-refractivity contribution in [3.05, 3.63) is 59.7 Å². The second kappa shape index (κ2) is 7.70. The predicted octanol–water partition coefficient (Wildman–Crippen LogP) is 3.41. The number of methoxy groups -OCH3 is 1. The monoisotopic (exact) mass is 286 g/mol. The molecule has 2 aromatic rings. The third-order valence-corrected chi connectivity index (χ3v) is 3.54. The lowest BCUT2D eigenvalue weighted by molar-refractivity contribution is 0.259. The van der Waals surface area contributed by atoms with Crippen LogP contribution in [0.5, 0.6) is 11.5 Å². The van der Waals surface area contributed by atoms with Crippen LogP contribution in [0.25, 0.3) is 0 Å². The van der Waals surface area contributed by atoms with Gasteiger partial charge in [-0.1, -0.05) is 36.4 Å². The molecule has 21 heavy (non-hydrogen) atoms. The van der Waals surface area contributed by atoms with Crippen LogP contribution in [0.2, 0.25) is 0 Å². The Morgan fingerprint density at radius 3 is 2.33 bits per heavy atom. The molecule has 0 aliphatic carbocycles. The first-order valence-electron chi connectivity index (χ1n) is 7.24. The molecule has 0 amide bonds. The van der Waals surface area contributed by atoms with Crippen LogP contribution in [0, 0.1) is 0 Å². The second-order valence-electron chi connectivity index (χ2n) is 4.87. The molecule has 0 saturated heterocycles. The fourth-order valence-corrected chi connectivity index (χ4v) is 2.51. The molecule has 0 aliphatic rings. The van der Waals surface area contributed by atoms with Crippen molar-refractivity contribution in [3.63, 3.8) is 0 Å². The number of aliphatic hydroxyl groups is 1. The molecule has 1 atom stereocenters. The van der Waals surface area contributed by atoms with Crippen LogP contribution >= 0.6 is 0 Å². The van der Waals surface area contributed by atoms with Gasteiger partial charge in [0.25, 0.3) is 0 Å². The van der Waals surface area contributed by atoms with E-state index in [1.54, 1.807) is 7.11 Å². The lowest BCUT2D eigenvalue weighted by Crippen LogP contribution is -2.10. The smallest absolute Gasteiger partial charge is 0.122 e. The molecule has 0 spiro atoms. The molecule has 0 saturated carbocycles. The van der Waals surface area contributed by atoms with Gasteiger partial charge in [0.2, 0.25) is 0 Å². The van der Waals surface area contributed by atoms with Crippen molar-refractivity contribution in [3.8, 4) is 11.5 Å².